The van der Waals surface area contributed by atoms with Gasteiger partial charge in [0.05, 0.1) is 20.3 Å². The van der Waals surface area contributed by atoms with Crippen LogP contribution in [0.15, 0.2) is 48.5 Å². The molecule has 2 aromatic carbocycles. The van der Waals surface area contributed by atoms with Gasteiger partial charge in [-0.25, -0.2) is 4.39 Å². The first-order chi connectivity index (χ1) is 15.0. The minimum absolute atomic E-state index is 0.114. The van der Waals surface area contributed by atoms with E-state index in [1.807, 2.05) is 12.1 Å². The second-order valence-electron chi connectivity index (χ2n) is 8.00. The highest BCUT2D eigenvalue weighted by atomic mass is 19.1. The molecule has 1 saturated heterocycles. The van der Waals surface area contributed by atoms with Crippen LogP contribution in [0, 0.1) is 5.82 Å². The molecule has 1 fully saturated rings. The lowest BCUT2D eigenvalue weighted by molar-refractivity contribution is -0.921. The summed E-state index contributed by atoms with van der Waals surface area (Å²) < 4.78 is 18.6. The van der Waals surface area contributed by atoms with Crippen LogP contribution in [-0.2, 0) is 27.4 Å². The monoisotopic (exact) mass is 430 g/mol. The first-order valence-electron chi connectivity index (χ1n) is 10.6. The van der Waals surface area contributed by atoms with E-state index in [1.54, 1.807) is 13.1 Å². The normalized spacial score (nSPS) is 15.3. The number of anilines is 1. The molecule has 1 aliphatic heterocycles. The topological polar surface area (TPSA) is 76.3 Å². The number of nitrogens with one attached hydrogen (secondary N) is 4. The van der Waals surface area contributed by atoms with E-state index in [2.05, 4.69) is 22.8 Å². The summed E-state index contributed by atoms with van der Waals surface area (Å²) in [4.78, 5) is 26.6. The quantitative estimate of drug-likeness (QED) is 0.413. The summed E-state index contributed by atoms with van der Waals surface area (Å²) in [5.41, 5.74) is 2.72. The number of hydrogen-bond acceptors (Lipinski definition) is 3. The minimum atomic E-state index is -0.409. The van der Waals surface area contributed by atoms with Crippen LogP contribution >= 0.6 is 0 Å². The van der Waals surface area contributed by atoms with Gasteiger partial charge in [-0.15, -0.1) is 0 Å². The van der Waals surface area contributed by atoms with E-state index >= 15 is 0 Å². The second-order valence-corrected chi connectivity index (χ2v) is 8.00. The number of carbonyl (C=O) groups is 2. The van der Waals surface area contributed by atoms with Crippen molar-refractivity contribution in [2.45, 2.75) is 13.1 Å². The molecule has 0 aromatic heterocycles. The number of rotatable bonds is 9. The molecule has 2 aromatic rings. The maximum absolute atomic E-state index is 13.2. The molecule has 1 heterocycles. The number of amides is 2. The molecule has 1 atom stereocenters. The molecule has 31 heavy (non-hydrogen) atoms. The number of morpholine rings is 1. The molecule has 8 heteroatoms. The average Bonchev–Trinajstić information content (AvgIpc) is 2.74. The zero-order valence-electron chi connectivity index (χ0n) is 17.9. The van der Waals surface area contributed by atoms with Gasteiger partial charge in [-0.1, -0.05) is 30.3 Å². The summed E-state index contributed by atoms with van der Waals surface area (Å²) in [5, 5.41) is 5.54. The molecule has 1 unspecified atom stereocenters. The van der Waals surface area contributed by atoms with E-state index in [9.17, 15) is 14.0 Å². The highest BCUT2D eigenvalue weighted by molar-refractivity contribution is 5.91. The summed E-state index contributed by atoms with van der Waals surface area (Å²) in [6.07, 6.45) is 0. The zero-order chi connectivity index (χ0) is 22.1. The Kier molecular flexibility index (Phi) is 8.52. The van der Waals surface area contributed by atoms with Crippen molar-refractivity contribution in [1.82, 2.24) is 5.32 Å². The number of ether oxygens (including phenoxy) is 1. The van der Waals surface area contributed by atoms with Crippen LogP contribution in [0.1, 0.15) is 11.1 Å². The molecular weight excluding hydrogens is 399 g/mol. The smallest absolute Gasteiger partial charge is 0.279 e. The Morgan fingerprint density at radius 3 is 2.42 bits per heavy atom. The van der Waals surface area contributed by atoms with Crippen molar-refractivity contribution in [3.8, 4) is 0 Å². The van der Waals surface area contributed by atoms with Gasteiger partial charge in [0.1, 0.15) is 25.5 Å². The molecular formula is C23H31FN4O3+2. The minimum Gasteiger partial charge on any atom is -0.370 e. The van der Waals surface area contributed by atoms with Crippen LogP contribution in [-0.4, -0.2) is 58.3 Å². The predicted octanol–water partition coefficient (Wildman–Crippen LogP) is -0.990. The molecule has 0 saturated carbocycles. The van der Waals surface area contributed by atoms with Crippen molar-refractivity contribution in [3.63, 3.8) is 0 Å². The van der Waals surface area contributed by atoms with E-state index in [0.29, 0.717) is 12.2 Å². The Hall–Kier alpha value is -2.81. The Balaban J connectivity index is 1.36. The van der Waals surface area contributed by atoms with E-state index in [4.69, 9.17) is 4.74 Å². The standard InChI is InChI=1S/C23H29FN4O3/c1-27(17-23(30)26-21-4-2-3-20(24)13-21)16-22(29)25-14-18-5-7-19(8-6-18)15-28-9-11-31-12-10-28/h2-8,13H,9-12,14-17H2,1H3,(H,25,29)(H,26,30)/p+2. The van der Waals surface area contributed by atoms with Gasteiger partial charge in [-0.05, 0) is 23.8 Å². The largest absolute Gasteiger partial charge is 0.370 e. The van der Waals surface area contributed by atoms with Crippen LogP contribution in [0.5, 0.6) is 0 Å². The molecule has 166 valence electrons. The van der Waals surface area contributed by atoms with Gasteiger partial charge < -0.3 is 25.2 Å². The number of benzene rings is 2. The summed E-state index contributed by atoms with van der Waals surface area (Å²) in [5.74, 6) is -0.806. The van der Waals surface area contributed by atoms with Crippen molar-refractivity contribution in [2.75, 3.05) is 51.8 Å². The van der Waals surface area contributed by atoms with Crippen molar-refractivity contribution in [1.29, 1.82) is 0 Å². The fourth-order valence-electron chi connectivity index (χ4n) is 3.55. The highest BCUT2D eigenvalue weighted by Gasteiger charge is 2.15. The van der Waals surface area contributed by atoms with Gasteiger partial charge in [0.15, 0.2) is 13.1 Å². The summed E-state index contributed by atoms with van der Waals surface area (Å²) in [6, 6.07) is 14.0. The molecule has 0 bridgehead atoms. The highest BCUT2D eigenvalue weighted by Crippen LogP contribution is 2.08. The van der Waals surface area contributed by atoms with Crippen molar-refractivity contribution in [2.24, 2.45) is 0 Å². The molecule has 3 rings (SSSR count). The zero-order valence-corrected chi connectivity index (χ0v) is 17.9. The van der Waals surface area contributed by atoms with Crippen LogP contribution in [0.4, 0.5) is 10.1 Å². The van der Waals surface area contributed by atoms with Crippen molar-refractivity contribution in [3.05, 3.63) is 65.5 Å². The molecule has 2 amide bonds. The molecule has 0 radical (unpaired) electrons. The SMILES string of the molecule is C[NH+](CC(=O)NCc1ccc(C[NH+]2CCOCC2)cc1)CC(=O)Nc1cccc(F)c1. The third-order valence-corrected chi connectivity index (χ3v) is 5.20. The maximum Gasteiger partial charge on any atom is 0.279 e. The molecule has 0 spiro atoms. The predicted molar refractivity (Wildman–Crippen MR) is 115 cm³/mol. The van der Waals surface area contributed by atoms with Gasteiger partial charge in [0.2, 0.25) is 0 Å². The number of likely N-dealkylation sites (N-methyl/N-ethyl adjacent to an activating group) is 1. The van der Waals surface area contributed by atoms with Crippen LogP contribution in [0.3, 0.4) is 0 Å². The van der Waals surface area contributed by atoms with E-state index in [1.165, 1.54) is 28.7 Å². The lowest BCUT2D eigenvalue weighted by Gasteiger charge is -2.23. The fourth-order valence-corrected chi connectivity index (χ4v) is 3.55. The van der Waals surface area contributed by atoms with E-state index in [0.717, 1.165) is 43.3 Å². The first-order valence-corrected chi connectivity index (χ1v) is 10.6. The Morgan fingerprint density at radius 2 is 1.71 bits per heavy atom. The number of carbonyl (C=O) groups excluding carboxylic acids is 2. The number of quaternary nitrogens is 2. The average molecular weight is 431 g/mol. The Labute approximate surface area is 182 Å². The van der Waals surface area contributed by atoms with Gasteiger partial charge in [0, 0.05) is 17.8 Å². The van der Waals surface area contributed by atoms with Crippen LogP contribution < -0.4 is 20.4 Å². The second kappa shape index (κ2) is 11.5. The third kappa shape index (κ3) is 8.09. The maximum atomic E-state index is 13.2. The van der Waals surface area contributed by atoms with Crippen LogP contribution in [0.25, 0.3) is 0 Å². The van der Waals surface area contributed by atoms with Gasteiger partial charge >= 0.3 is 0 Å². The molecule has 4 N–H and O–H groups in total. The van der Waals surface area contributed by atoms with Crippen molar-refractivity contribution >= 4 is 17.5 Å². The van der Waals surface area contributed by atoms with E-state index < -0.39 is 5.82 Å². The summed E-state index contributed by atoms with van der Waals surface area (Å²) >= 11 is 0. The lowest BCUT2D eigenvalue weighted by atomic mass is 10.1. The third-order valence-electron chi connectivity index (χ3n) is 5.20. The van der Waals surface area contributed by atoms with Gasteiger partial charge in [0.25, 0.3) is 11.8 Å². The molecule has 7 nitrogen and oxygen atoms in total. The summed E-state index contributed by atoms with van der Waals surface area (Å²) in [6.45, 7) is 5.44. The van der Waals surface area contributed by atoms with E-state index in [-0.39, 0.29) is 24.9 Å². The Morgan fingerprint density at radius 1 is 1.03 bits per heavy atom. The number of halogens is 1. The first kappa shape index (κ1) is 22.9. The lowest BCUT2D eigenvalue weighted by Crippen LogP contribution is -3.12. The van der Waals surface area contributed by atoms with Gasteiger partial charge in [-0.2, -0.15) is 0 Å². The molecule has 1 aliphatic rings. The Bertz CT molecular complexity index is 869. The number of hydrogen-bond donors (Lipinski definition) is 4. The summed E-state index contributed by atoms with van der Waals surface area (Å²) in [7, 11) is 1.77. The van der Waals surface area contributed by atoms with Crippen LogP contribution in [0.2, 0.25) is 0 Å². The molecule has 0 aliphatic carbocycles. The van der Waals surface area contributed by atoms with Crippen molar-refractivity contribution < 1.29 is 28.5 Å². The fraction of sp³-hybridized carbons (Fsp3) is 0.391. The van der Waals surface area contributed by atoms with Gasteiger partial charge in [-0.3, -0.25) is 9.59 Å².